The third kappa shape index (κ3) is 1.86. The van der Waals surface area contributed by atoms with Gasteiger partial charge >= 0.3 is 0 Å². The van der Waals surface area contributed by atoms with E-state index in [1.807, 2.05) is 0 Å². The lowest BCUT2D eigenvalue weighted by molar-refractivity contribution is 0.104. The van der Waals surface area contributed by atoms with Gasteiger partial charge in [-0.15, -0.1) is 0 Å². The maximum absolute atomic E-state index is 11.9. The highest BCUT2D eigenvalue weighted by Gasteiger charge is 2.25. The molecule has 4 heteroatoms. The molecule has 1 aromatic rings. The number of benzene rings is 1. The van der Waals surface area contributed by atoms with Crippen LogP contribution in [-0.2, 0) is 6.42 Å². The summed E-state index contributed by atoms with van der Waals surface area (Å²) in [7, 11) is 1.46. The third-order valence-electron chi connectivity index (χ3n) is 2.72. The van der Waals surface area contributed by atoms with Crippen LogP contribution in [0.1, 0.15) is 22.8 Å². The van der Waals surface area contributed by atoms with Gasteiger partial charge in [0.05, 0.1) is 13.7 Å². The van der Waals surface area contributed by atoms with E-state index in [9.17, 15) is 9.90 Å². The lowest BCUT2D eigenvalue weighted by Gasteiger charge is -2.11. The normalized spacial score (nSPS) is 13.5. The van der Waals surface area contributed by atoms with E-state index in [1.165, 1.54) is 13.2 Å². The number of ketones is 1. The number of fused-ring (bicyclic) bond motifs is 1. The number of aromatic hydroxyl groups is 1. The molecule has 0 fully saturated rings. The number of carbonyl (C=O) groups excluding carboxylic acids is 1. The molecule has 0 aliphatic carbocycles. The van der Waals surface area contributed by atoms with Gasteiger partial charge in [0.15, 0.2) is 5.78 Å². The summed E-state index contributed by atoms with van der Waals surface area (Å²) in [6.07, 6.45) is 3.64. The van der Waals surface area contributed by atoms with Crippen molar-refractivity contribution in [2.75, 3.05) is 13.7 Å². The molecule has 0 aromatic heterocycles. The summed E-state index contributed by atoms with van der Waals surface area (Å²) in [5, 5.41) is 10.1. The van der Waals surface area contributed by atoms with Crippen LogP contribution < -0.4 is 9.47 Å². The highest BCUT2D eigenvalue weighted by molar-refractivity contribution is 6.09. The number of ether oxygens (including phenoxy) is 2. The molecular formula is C13H14O4. The summed E-state index contributed by atoms with van der Waals surface area (Å²) >= 11 is 0. The van der Waals surface area contributed by atoms with Crippen LogP contribution in [0.15, 0.2) is 18.2 Å². The quantitative estimate of drug-likeness (QED) is 0.642. The molecule has 0 bridgehead atoms. The molecule has 0 saturated carbocycles. The number of phenols is 1. The fourth-order valence-corrected chi connectivity index (χ4v) is 1.93. The second-order valence-corrected chi connectivity index (χ2v) is 3.74. The Hall–Kier alpha value is -1.97. The maximum Gasteiger partial charge on any atom is 0.193 e. The van der Waals surface area contributed by atoms with Gasteiger partial charge in [-0.2, -0.15) is 0 Å². The molecule has 90 valence electrons. The molecule has 2 rings (SSSR count). The van der Waals surface area contributed by atoms with Crippen molar-refractivity contribution >= 4 is 5.78 Å². The molecule has 1 aromatic carbocycles. The molecular weight excluding hydrogens is 220 g/mol. The summed E-state index contributed by atoms with van der Waals surface area (Å²) in [4.78, 5) is 11.9. The molecule has 1 N–H and O–H groups in total. The fraction of sp³-hybridized carbons (Fsp3) is 0.308. The van der Waals surface area contributed by atoms with Gasteiger partial charge < -0.3 is 14.6 Å². The minimum atomic E-state index is -0.267. The SMILES string of the molecule is CC=CC(=O)c1c(OC)cc2c(c1O)CCO2. The zero-order chi connectivity index (χ0) is 12.4. The molecule has 1 aliphatic heterocycles. The van der Waals surface area contributed by atoms with Crippen LogP contribution in [0.2, 0.25) is 0 Å². The Morgan fingerprint density at radius 1 is 1.59 bits per heavy atom. The van der Waals surface area contributed by atoms with Crippen LogP contribution in [0.4, 0.5) is 0 Å². The Labute approximate surface area is 99.5 Å². The number of allylic oxidation sites excluding steroid dienone is 2. The van der Waals surface area contributed by atoms with Crippen molar-refractivity contribution in [3.05, 3.63) is 29.3 Å². The van der Waals surface area contributed by atoms with Crippen LogP contribution in [0.25, 0.3) is 0 Å². The molecule has 0 unspecified atom stereocenters. The molecule has 1 heterocycles. The monoisotopic (exact) mass is 234 g/mol. The first-order valence-electron chi connectivity index (χ1n) is 5.41. The van der Waals surface area contributed by atoms with Crippen molar-refractivity contribution < 1.29 is 19.4 Å². The predicted molar refractivity (Wildman–Crippen MR) is 63.0 cm³/mol. The maximum atomic E-state index is 11.9. The van der Waals surface area contributed by atoms with E-state index in [0.717, 1.165) is 0 Å². The number of methoxy groups -OCH3 is 1. The number of phenolic OH excluding ortho intramolecular Hbond substituents is 1. The largest absolute Gasteiger partial charge is 0.507 e. The topological polar surface area (TPSA) is 55.8 Å². The van der Waals surface area contributed by atoms with E-state index < -0.39 is 0 Å². The Balaban J connectivity index is 2.61. The van der Waals surface area contributed by atoms with E-state index in [1.54, 1.807) is 19.1 Å². The molecule has 0 radical (unpaired) electrons. The number of carbonyl (C=O) groups is 1. The lowest BCUT2D eigenvalue weighted by atomic mass is 10.0. The van der Waals surface area contributed by atoms with Crippen molar-refractivity contribution in [3.8, 4) is 17.2 Å². The predicted octanol–water partition coefficient (Wildman–Crippen LogP) is 2.09. The summed E-state index contributed by atoms with van der Waals surface area (Å²) in [6, 6.07) is 1.65. The fourth-order valence-electron chi connectivity index (χ4n) is 1.93. The molecule has 0 atom stereocenters. The first-order chi connectivity index (χ1) is 8.19. The van der Waals surface area contributed by atoms with Gasteiger partial charge in [-0.05, 0) is 13.0 Å². The smallest absolute Gasteiger partial charge is 0.193 e. The van der Waals surface area contributed by atoms with E-state index in [2.05, 4.69) is 0 Å². The highest BCUT2D eigenvalue weighted by Crippen LogP contribution is 2.41. The van der Waals surface area contributed by atoms with Gasteiger partial charge in [-0.3, -0.25) is 4.79 Å². The average Bonchev–Trinajstić information content (AvgIpc) is 2.77. The van der Waals surface area contributed by atoms with Crippen molar-refractivity contribution in [2.45, 2.75) is 13.3 Å². The number of hydrogen-bond donors (Lipinski definition) is 1. The molecule has 0 spiro atoms. The van der Waals surface area contributed by atoms with Crippen LogP contribution in [0.5, 0.6) is 17.2 Å². The molecule has 4 nitrogen and oxygen atoms in total. The Morgan fingerprint density at radius 3 is 3.00 bits per heavy atom. The number of hydrogen-bond acceptors (Lipinski definition) is 4. The standard InChI is InChI=1S/C13H14O4/c1-3-4-9(14)12-11(16-2)7-10-8(13(12)15)5-6-17-10/h3-4,7,15H,5-6H2,1-2H3. The average molecular weight is 234 g/mol. The minimum Gasteiger partial charge on any atom is -0.507 e. The molecule has 17 heavy (non-hydrogen) atoms. The van der Waals surface area contributed by atoms with Crippen LogP contribution in [-0.4, -0.2) is 24.6 Å². The van der Waals surface area contributed by atoms with E-state index in [-0.39, 0.29) is 17.1 Å². The van der Waals surface area contributed by atoms with Gasteiger partial charge in [0.25, 0.3) is 0 Å². The third-order valence-corrected chi connectivity index (χ3v) is 2.72. The van der Waals surface area contributed by atoms with Crippen molar-refractivity contribution in [1.82, 2.24) is 0 Å². The molecule has 0 amide bonds. The minimum absolute atomic E-state index is 0.0278. The van der Waals surface area contributed by atoms with E-state index in [4.69, 9.17) is 9.47 Å². The van der Waals surface area contributed by atoms with Crippen LogP contribution in [0, 0.1) is 0 Å². The summed E-state index contributed by atoms with van der Waals surface area (Å²) in [5.74, 6) is 0.638. The van der Waals surface area contributed by atoms with Gasteiger partial charge in [-0.1, -0.05) is 6.08 Å². The van der Waals surface area contributed by atoms with Crippen molar-refractivity contribution in [2.24, 2.45) is 0 Å². The van der Waals surface area contributed by atoms with Crippen LogP contribution >= 0.6 is 0 Å². The van der Waals surface area contributed by atoms with Crippen molar-refractivity contribution in [1.29, 1.82) is 0 Å². The zero-order valence-electron chi connectivity index (χ0n) is 9.82. The number of rotatable bonds is 3. The van der Waals surface area contributed by atoms with Gasteiger partial charge in [0.1, 0.15) is 22.8 Å². The Bertz CT molecular complexity index is 489. The van der Waals surface area contributed by atoms with Crippen LogP contribution in [0.3, 0.4) is 0 Å². The first kappa shape index (κ1) is 11.5. The van der Waals surface area contributed by atoms with E-state index in [0.29, 0.717) is 30.1 Å². The van der Waals surface area contributed by atoms with Crippen molar-refractivity contribution in [3.63, 3.8) is 0 Å². The summed E-state index contributed by atoms with van der Waals surface area (Å²) < 4.78 is 10.5. The second kappa shape index (κ2) is 4.49. The zero-order valence-corrected chi connectivity index (χ0v) is 9.82. The first-order valence-corrected chi connectivity index (χ1v) is 5.41. The van der Waals surface area contributed by atoms with Gasteiger partial charge in [0, 0.05) is 18.1 Å². The Morgan fingerprint density at radius 2 is 2.35 bits per heavy atom. The Kier molecular flexibility index (Phi) is 3.04. The van der Waals surface area contributed by atoms with Gasteiger partial charge in [-0.25, -0.2) is 0 Å². The second-order valence-electron chi connectivity index (χ2n) is 3.74. The molecule has 0 saturated heterocycles. The van der Waals surface area contributed by atoms with Gasteiger partial charge in [0.2, 0.25) is 0 Å². The lowest BCUT2D eigenvalue weighted by Crippen LogP contribution is -2.01. The summed E-state index contributed by atoms with van der Waals surface area (Å²) in [5.41, 5.74) is 0.883. The molecule has 1 aliphatic rings. The highest BCUT2D eigenvalue weighted by atomic mass is 16.5. The van der Waals surface area contributed by atoms with E-state index >= 15 is 0 Å². The summed E-state index contributed by atoms with van der Waals surface area (Å²) in [6.45, 7) is 2.27.